The van der Waals surface area contributed by atoms with Gasteiger partial charge in [0, 0.05) is 20.3 Å². The number of nitrogens with two attached hydrogens (primary N) is 1. The van der Waals surface area contributed by atoms with Gasteiger partial charge in [-0.25, -0.2) is 0 Å². The predicted octanol–water partition coefficient (Wildman–Crippen LogP) is 1.54. The first-order valence-corrected chi connectivity index (χ1v) is 6.12. The molecule has 0 aromatic rings. The third-order valence-corrected chi connectivity index (χ3v) is 2.94. The Balaban J connectivity index is 4.15. The van der Waals surface area contributed by atoms with E-state index >= 15 is 0 Å². The average molecular weight is 244 g/mol. The maximum atomic E-state index is 11.8. The van der Waals surface area contributed by atoms with Crippen LogP contribution in [0.1, 0.15) is 41.0 Å². The van der Waals surface area contributed by atoms with Crippen molar-refractivity contribution in [2.24, 2.45) is 16.6 Å². The Morgan fingerprint density at radius 3 is 2.24 bits per heavy atom. The summed E-state index contributed by atoms with van der Waals surface area (Å²) < 4.78 is 5.05. The molecule has 0 fully saturated rings. The number of methoxy groups -OCH3 is 1. The molecule has 0 heterocycles. The highest BCUT2D eigenvalue weighted by Gasteiger charge is 2.28. The molecular formula is C13H28N2O2. The highest BCUT2D eigenvalue weighted by Crippen LogP contribution is 2.20. The fraction of sp³-hybridized carbons (Fsp3) is 0.923. The topological polar surface area (TPSA) is 64.3 Å². The van der Waals surface area contributed by atoms with E-state index in [0.717, 1.165) is 6.42 Å². The molecule has 0 radical (unpaired) electrons. The van der Waals surface area contributed by atoms with Crippen molar-refractivity contribution < 1.29 is 9.53 Å². The van der Waals surface area contributed by atoms with Crippen LogP contribution in [0.15, 0.2) is 0 Å². The van der Waals surface area contributed by atoms with Gasteiger partial charge in [0.15, 0.2) is 0 Å². The number of ether oxygens (including phenoxy) is 1. The maximum absolute atomic E-state index is 11.8. The molecular weight excluding hydrogens is 216 g/mol. The van der Waals surface area contributed by atoms with E-state index in [2.05, 4.69) is 19.2 Å². The zero-order valence-corrected chi connectivity index (χ0v) is 12.1. The second-order valence-corrected chi connectivity index (χ2v) is 6.47. The molecule has 0 aliphatic carbocycles. The Morgan fingerprint density at radius 1 is 1.29 bits per heavy atom. The lowest BCUT2D eigenvalue weighted by Crippen LogP contribution is -2.50. The van der Waals surface area contributed by atoms with Gasteiger partial charge >= 0.3 is 0 Å². The van der Waals surface area contributed by atoms with Crippen LogP contribution in [-0.2, 0) is 9.53 Å². The van der Waals surface area contributed by atoms with Crippen molar-refractivity contribution in [2.75, 3.05) is 20.3 Å². The highest BCUT2D eigenvalue weighted by atomic mass is 16.5. The van der Waals surface area contributed by atoms with Gasteiger partial charge in [-0.05, 0) is 17.3 Å². The summed E-state index contributed by atoms with van der Waals surface area (Å²) in [7, 11) is 1.68. The van der Waals surface area contributed by atoms with E-state index in [1.807, 2.05) is 20.8 Å². The van der Waals surface area contributed by atoms with Crippen molar-refractivity contribution in [3.63, 3.8) is 0 Å². The molecule has 1 unspecified atom stereocenters. The summed E-state index contributed by atoms with van der Waals surface area (Å²) in [5.41, 5.74) is 5.71. The molecule has 0 aliphatic rings. The number of hydrogen-bond donors (Lipinski definition) is 2. The number of rotatable bonds is 6. The van der Waals surface area contributed by atoms with Crippen LogP contribution in [0.25, 0.3) is 0 Å². The molecule has 1 atom stereocenters. The van der Waals surface area contributed by atoms with Crippen LogP contribution < -0.4 is 11.1 Å². The zero-order valence-electron chi connectivity index (χ0n) is 12.1. The summed E-state index contributed by atoms with van der Waals surface area (Å²) in [4.78, 5) is 11.8. The van der Waals surface area contributed by atoms with Crippen LogP contribution in [0.5, 0.6) is 0 Å². The lowest BCUT2D eigenvalue weighted by atomic mass is 9.86. The second kappa shape index (κ2) is 6.36. The first-order valence-electron chi connectivity index (χ1n) is 6.12. The van der Waals surface area contributed by atoms with Crippen LogP contribution in [0, 0.1) is 10.8 Å². The largest absolute Gasteiger partial charge is 0.385 e. The number of nitrogens with one attached hydrogen (secondary N) is 1. The summed E-state index contributed by atoms with van der Waals surface area (Å²) in [5.74, 6) is -0.0806. The Labute approximate surface area is 105 Å². The predicted molar refractivity (Wildman–Crippen MR) is 70.7 cm³/mol. The van der Waals surface area contributed by atoms with Gasteiger partial charge in [-0.3, -0.25) is 4.79 Å². The quantitative estimate of drug-likeness (QED) is 0.745. The number of hydrogen-bond acceptors (Lipinski definition) is 3. The lowest BCUT2D eigenvalue weighted by Gasteiger charge is -2.29. The van der Waals surface area contributed by atoms with Crippen LogP contribution >= 0.6 is 0 Å². The Bertz CT molecular complexity index is 244. The Morgan fingerprint density at radius 2 is 1.82 bits per heavy atom. The van der Waals surface area contributed by atoms with Crippen molar-refractivity contribution in [1.29, 1.82) is 0 Å². The highest BCUT2D eigenvalue weighted by molar-refractivity contribution is 5.82. The third kappa shape index (κ3) is 6.64. The smallest absolute Gasteiger partial charge is 0.237 e. The summed E-state index contributed by atoms with van der Waals surface area (Å²) in [5, 5.41) is 2.92. The number of amides is 1. The van der Waals surface area contributed by atoms with E-state index in [9.17, 15) is 4.79 Å². The van der Waals surface area contributed by atoms with Crippen LogP contribution in [0.4, 0.5) is 0 Å². The molecule has 0 aromatic carbocycles. The normalized spacial score (nSPS) is 14.5. The van der Waals surface area contributed by atoms with Crippen molar-refractivity contribution >= 4 is 5.91 Å². The minimum Gasteiger partial charge on any atom is -0.385 e. The Kier molecular flexibility index (Phi) is 6.13. The zero-order chi connectivity index (χ0) is 13.7. The average Bonchev–Trinajstić information content (AvgIpc) is 2.21. The van der Waals surface area contributed by atoms with E-state index in [1.165, 1.54) is 0 Å². The number of carbonyl (C=O) groups is 1. The molecule has 1 amide bonds. The third-order valence-electron chi connectivity index (χ3n) is 2.94. The van der Waals surface area contributed by atoms with Crippen LogP contribution in [0.2, 0.25) is 0 Å². The van der Waals surface area contributed by atoms with Crippen molar-refractivity contribution in [1.82, 2.24) is 5.32 Å². The van der Waals surface area contributed by atoms with Gasteiger partial charge in [0.1, 0.15) is 0 Å². The SMILES string of the molecule is COCCC(C)(C)CNC(=O)C(N)C(C)(C)C. The summed E-state index contributed by atoms with van der Waals surface area (Å²) >= 11 is 0. The molecule has 0 aliphatic heterocycles. The molecule has 4 nitrogen and oxygen atoms in total. The lowest BCUT2D eigenvalue weighted by molar-refractivity contribution is -0.125. The minimum atomic E-state index is -0.472. The van der Waals surface area contributed by atoms with Gasteiger partial charge in [-0.2, -0.15) is 0 Å². The van der Waals surface area contributed by atoms with Gasteiger partial charge in [0.05, 0.1) is 6.04 Å². The monoisotopic (exact) mass is 244 g/mol. The van der Waals surface area contributed by atoms with E-state index in [1.54, 1.807) is 7.11 Å². The molecule has 3 N–H and O–H groups in total. The molecule has 0 saturated carbocycles. The fourth-order valence-corrected chi connectivity index (χ4v) is 1.30. The molecule has 0 spiro atoms. The first-order chi connectivity index (χ1) is 7.60. The summed E-state index contributed by atoms with van der Waals surface area (Å²) in [6, 6.07) is -0.472. The second-order valence-electron chi connectivity index (χ2n) is 6.47. The van der Waals surface area contributed by atoms with Crippen LogP contribution in [-0.4, -0.2) is 32.2 Å². The number of carbonyl (C=O) groups excluding carboxylic acids is 1. The molecule has 17 heavy (non-hydrogen) atoms. The molecule has 4 heteroatoms. The van der Waals surface area contributed by atoms with E-state index in [0.29, 0.717) is 13.2 Å². The van der Waals surface area contributed by atoms with Gasteiger partial charge in [0.25, 0.3) is 0 Å². The molecule has 0 bridgehead atoms. The van der Waals surface area contributed by atoms with Gasteiger partial charge in [-0.1, -0.05) is 34.6 Å². The first kappa shape index (κ1) is 16.4. The van der Waals surface area contributed by atoms with Crippen molar-refractivity contribution in [3.05, 3.63) is 0 Å². The van der Waals surface area contributed by atoms with E-state index in [4.69, 9.17) is 10.5 Å². The molecule has 0 aromatic heterocycles. The fourth-order valence-electron chi connectivity index (χ4n) is 1.30. The van der Waals surface area contributed by atoms with Gasteiger partial charge in [0.2, 0.25) is 5.91 Å². The molecule has 102 valence electrons. The maximum Gasteiger partial charge on any atom is 0.237 e. The Hall–Kier alpha value is -0.610. The summed E-state index contributed by atoms with van der Waals surface area (Å²) in [6.45, 7) is 11.4. The van der Waals surface area contributed by atoms with Gasteiger partial charge in [-0.15, -0.1) is 0 Å². The van der Waals surface area contributed by atoms with E-state index < -0.39 is 6.04 Å². The standard InChI is InChI=1S/C13H28N2O2/c1-12(2,3)10(14)11(16)15-9-13(4,5)7-8-17-6/h10H,7-9,14H2,1-6H3,(H,15,16). The minimum absolute atomic E-state index is 0.0310. The van der Waals surface area contributed by atoms with Crippen molar-refractivity contribution in [3.8, 4) is 0 Å². The summed E-state index contributed by atoms with van der Waals surface area (Å²) in [6.07, 6.45) is 0.911. The molecule has 0 rings (SSSR count). The van der Waals surface area contributed by atoms with E-state index in [-0.39, 0.29) is 16.7 Å². The van der Waals surface area contributed by atoms with Crippen LogP contribution in [0.3, 0.4) is 0 Å². The molecule has 0 saturated heterocycles. The van der Waals surface area contributed by atoms with Gasteiger partial charge < -0.3 is 15.8 Å². The van der Waals surface area contributed by atoms with Crippen molar-refractivity contribution in [2.45, 2.75) is 47.1 Å².